The Bertz CT molecular complexity index is 361. The first kappa shape index (κ1) is 18.4. The number of carbonyl (C=O) groups excluding carboxylic acids is 3. The van der Waals surface area contributed by atoms with Crippen molar-refractivity contribution in [3.8, 4) is 0 Å². The van der Waals surface area contributed by atoms with Gasteiger partial charge in [0.2, 0.25) is 17.7 Å². The largest absolute Gasteiger partial charge is 0.370 e. The van der Waals surface area contributed by atoms with Crippen LogP contribution in [0.4, 0.5) is 0 Å². The quantitative estimate of drug-likeness (QED) is 0.562. The third-order valence-corrected chi connectivity index (χ3v) is 2.57. The summed E-state index contributed by atoms with van der Waals surface area (Å²) in [5, 5.41) is 5.23. The number of carbonyl (C=O) groups is 3. The summed E-state index contributed by atoms with van der Waals surface area (Å²) in [7, 11) is 3.77. The first-order valence-electron chi connectivity index (χ1n) is 6.55. The van der Waals surface area contributed by atoms with Gasteiger partial charge in [0.1, 0.15) is 6.04 Å². The Morgan fingerprint density at radius 1 is 1.20 bits per heavy atom. The van der Waals surface area contributed by atoms with Crippen molar-refractivity contribution >= 4 is 17.7 Å². The zero-order valence-electron chi connectivity index (χ0n) is 12.9. The van der Waals surface area contributed by atoms with E-state index in [1.54, 1.807) is 20.8 Å². The molecule has 0 heterocycles. The van der Waals surface area contributed by atoms with Gasteiger partial charge in [-0.1, -0.05) is 20.8 Å². The molecule has 116 valence electrons. The molecule has 0 radical (unpaired) electrons. The van der Waals surface area contributed by atoms with E-state index in [2.05, 4.69) is 10.6 Å². The smallest absolute Gasteiger partial charge is 0.243 e. The summed E-state index contributed by atoms with van der Waals surface area (Å²) in [5.41, 5.74) is 4.48. The number of primary amides is 1. The van der Waals surface area contributed by atoms with Gasteiger partial charge >= 0.3 is 0 Å². The van der Waals surface area contributed by atoms with E-state index in [-0.39, 0.29) is 12.3 Å². The molecule has 0 spiro atoms. The molecule has 0 aromatic rings. The standard InChI is InChI=1S/C13H26N4O3/c1-13(2,3)12(20)16-9(8-10(14)18)11(19)15-6-7-17(4)5/h9H,6-8H2,1-5H3,(H2,14,18)(H,15,19)(H,16,20). The Hall–Kier alpha value is -1.63. The van der Waals surface area contributed by atoms with E-state index >= 15 is 0 Å². The second-order valence-electron chi connectivity index (χ2n) is 6.04. The van der Waals surface area contributed by atoms with E-state index in [4.69, 9.17) is 5.73 Å². The van der Waals surface area contributed by atoms with Crippen molar-refractivity contribution in [2.24, 2.45) is 11.1 Å². The van der Waals surface area contributed by atoms with Gasteiger partial charge in [0, 0.05) is 18.5 Å². The van der Waals surface area contributed by atoms with E-state index in [0.717, 1.165) is 0 Å². The topological polar surface area (TPSA) is 105 Å². The second-order valence-corrected chi connectivity index (χ2v) is 6.04. The number of nitrogens with zero attached hydrogens (tertiary/aromatic N) is 1. The molecule has 1 unspecified atom stereocenters. The SMILES string of the molecule is CN(C)CCNC(=O)C(CC(N)=O)NC(=O)C(C)(C)C. The molecule has 0 aromatic heterocycles. The molecule has 0 saturated heterocycles. The molecule has 4 N–H and O–H groups in total. The molecule has 0 aliphatic heterocycles. The Morgan fingerprint density at radius 2 is 1.75 bits per heavy atom. The van der Waals surface area contributed by atoms with E-state index in [1.807, 2.05) is 19.0 Å². The number of hydrogen-bond donors (Lipinski definition) is 3. The molecule has 20 heavy (non-hydrogen) atoms. The number of hydrogen-bond acceptors (Lipinski definition) is 4. The van der Waals surface area contributed by atoms with Gasteiger partial charge in [-0.05, 0) is 14.1 Å². The van der Waals surface area contributed by atoms with Crippen molar-refractivity contribution < 1.29 is 14.4 Å². The van der Waals surface area contributed by atoms with Gasteiger partial charge in [0.05, 0.1) is 6.42 Å². The van der Waals surface area contributed by atoms with Crippen LogP contribution in [0.15, 0.2) is 0 Å². The maximum Gasteiger partial charge on any atom is 0.243 e. The van der Waals surface area contributed by atoms with Crippen LogP contribution in [0, 0.1) is 5.41 Å². The third-order valence-electron chi connectivity index (χ3n) is 2.57. The molecule has 0 aromatic carbocycles. The summed E-state index contributed by atoms with van der Waals surface area (Å²) < 4.78 is 0. The van der Waals surface area contributed by atoms with Gasteiger partial charge in [-0.3, -0.25) is 14.4 Å². The Labute approximate surface area is 120 Å². The molecule has 7 heteroatoms. The van der Waals surface area contributed by atoms with Crippen LogP contribution in [0.3, 0.4) is 0 Å². The van der Waals surface area contributed by atoms with Crippen molar-refractivity contribution in [3.63, 3.8) is 0 Å². The zero-order chi connectivity index (χ0) is 15.9. The maximum atomic E-state index is 12.0. The monoisotopic (exact) mass is 286 g/mol. The lowest BCUT2D eigenvalue weighted by atomic mass is 9.95. The summed E-state index contributed by atoms with van der Waals surface area (Å²) in [6.07, 6.45) is -0.213. The molecule has 0 bridgehead atoms. The number of nitrogens with two attached hydrogens (primary N) is 1. The van der Waals surface area contributed by atoms with Gasteiger partial charge in [0.15, 0.2) is 0 Å². The van der Waals surface area contributed by atoms with Gasteiger partial charge < -0.3 is 21.3 Å². The summed E-state index contributed by atoms with van der Waals surface area (Å²) >= 11 is 0. The van der Waals surface area contributed by atoms with Crippen LogP contribution >= 0.6 is 0 Å². The first-order valence-corrected chi connectivity index (χ1v) is 6.55. The van der Waals surface area contributed by atoms with Crippen LogP contribution in [0.1, 0.15) is 27.2 Å². The van der Waals surface area contributed by atoms with Crippen LogP contribution in [0.5, 0.6) is 0 Å². The molecule has 0 fully saturated rings. The van der Waals surface area contributed by atoms with E-state index < -0.39 is 23.3 Å². The van der Waals surface area contributed by atoms with Gasteiger partial charge in [-0.15, -0.1) is 0 Å². The minimum absolute atomic E-state index is 0.213. The van der Waals surface area contributed by atoms with Crippen LogP contribution in [-0.4, -0.2) is 55.8 Å². The highest BCUT2D eigenvalue weighted by molar-refractivity contribution is 5.92. The fourth-order valence-corrected chi connectivity index (χ4v) is 1.31. The fraction of sp³-hybridized carbons (Fsp3) is 0.769. The van der Waals surface area contributed by atoms with Gasteiger partial charge in [-0.2, -0.15) is 0 Å². The molecule has 7 nitrogen and oxygen atoms in total. The van der Waals surface area contributed by atoms with Crippen LogP contribution in [0.2, 0.25) is 0 Å². The molecule has 0 aliphatic rings. The fourth-order valence-electron chi connectivity index (χ4n) is 1.31. The summed E-state index contributed by atoms with van der Waals surface area (Å²) in [4.78, 5) is 36.8. The number of likely N-dealkylation sites (N-methyl/N-ethyl adjacent to an activating group) is 1. The molecule has 3 amide bonds. The Morgan fingerprint density at radius 3 is 2.15 bits per heavy atom. The maximum absolute atomic E-state index is 12.0. The van der Waals surface area contributed by atoms with Crippen LogP contribution in [0.25, 0.3) is 0 Å². The summed E-state index contributed by atoms with van der Waals surface area (Å²) in [5.74, 6) is -1.33. The highest BCUT2D eigenvalue weighted by Crippen LogP contribution is 2.13. The molecular formula is C13H26N4O3. The van der Waals surface area contributed by atoms with Crippen molar-refractivity contribution in [2.45, 2.75) is 33.2 Å². The normalized spacial score (nSPS) is 12.9. The first-order chi connectivity index (χ1) is 9.04. The predicted molar refractivity (Wildman–Crippen MR) is 76.8 cm³/mol. The van der Waals surface area contributed by atoms with Crippen LogP contribution in [-0.2, 0) is 14.4 Å². The van der Waals surface area contributed by atoms with E-state index in [1.165, 1.54) is 0 Å². The van der Waals surface area contributed by atoms with Gasteiger partial charge in [0.25, 0.3) is 0 Å². The minimum atomic E-state index is -0.929. The lowest BCUT2D eigenvalue weighted by molar-refractivity contribution is -0.134. The highest BCUT2D eigenvalue weighted by Gasteiger charge is 2.28. The number of nitrogens with one attached hydrogen (secondary N) is 2. The number of rotatable bonds is 7. The van der Waals surface area contributed by atoms with E-state index in [9.17, 15) is 14.4 Å². The average Bonchev–Trinajstić information content (AvgIpc) is 2.25. The highest BCUT2D eigenvalue weighted by atomic mass is 16.2. The lowest BCUT2D eigenvalue weighted by Crippen LogP contribution is -2.52. The summed E-state index contributed by atoms with van der Waals surface area (Å²) in [6.45, 7) is 6.30. The van der Waals surface area contributed by atoms with Gasteiger partial charge in [-0.25, -0.2) is 0 Å². The predicted octanol–water partition coefficient (Wildman–Crippen LogP) is -0.929. The van der Waals surface area contributed by atoms with Crippen molar-refractivity contribution in [1.29, 1.82) is 0 Å². The summed E-state index contributed by atoms with van der Waals surface area (Å²) in [6, 6.07) is -0.929. The molecule has 0 rings (SSSR count). The molecule has 0 aliphatic carbocycles. The van der Waals surface area contributed by atoms with Crippen LogP contribution < -0.4 is 16.4 Å². The van der Waals surface area contributed by atoms with Crippen molar-refractivity contribution in [1.82, 2.24) is 15.5 Å². The number of amides is 3. The zero-order valence-corrected chi connectivity index (χ0v) is 12.9. The third kappa shape index (κ3) is 7.73. The molecule has 0 saturated carbocycles. The average molecular weight is 286 g/mol. The van der Waals surface area contributed by atoms with Crippen molar-refractivity contribution in [2.75, 3.05) is 27.2 Å². The van der Waals surface area contributed by atoms with Crippen molar-refractivity contribution in [3.05, 3.63) is 0 Å². The Balaban J connectivity index is 4.59. The molecular weight excluding hydrogens is 260 g/mol. The minimum Gasteiger partial charge on any atom is -0.370 e. The Kier molecular flexibility index (Phi) is 7.20. The van der Waals surface area contributed by atoms with E-state index in [0.29, 0.717) is 13.1 Å². The second kappa shape index (κ2) is 7.84. The molecule has 1 atom stereocenters. The lowest BCUT2D eigenvalue weighted by Gasteiger charge is -2.23.